The summed E-state index contributed by atoms with van der Waals surface area (Å²) in [4.78, 5) is 23.7. The molecular formula is C19H21ClN4O3. The monoisotopic (exact) mass is 388 g/mol. The quantitative estimate of drug-likeness (QED) is 0.870. The number of nitrogens with zero attached hydrogens (tertiary/aromatic N) is 3. The smallest absolute Gasteiger partial charge is 0.274 e. The van der Waals surface area contributed by atoms with Crippen molar-refractivity contribution in [2.24, 2.45) is 0 Å². The molecule has 0 saturated carbocycles. The fourth-order valence-electron chi connectivity index (χ4n) is 3.39. The van der Waals surface area contributed by atoms with Crippen LogP contribution in [0.3, 0.4) is 0 Å². The van der Waals surface area contributed by atoms with E-state index in [1.165, 1.54) is 0 Å². The van der Waals surface area contributed by atoms with Gasteiger partial charge < -0.3 is 19.7 Å². The molecule has 1 amide bonds. The molecule has 0 aliphatic carbocycles. The lowest BCUT2D eigenvalue weighted by atomic mass is 10.0. The number of rotatable bonds is 3. The van der Waals surface area contributed by atoms with Gasteiger partial charge in [0, 0.05) is 31.6 Å². The van der Waals surface area contributed by atoms with Crippen molar-refractivity contribution < 1.29 is 14.3 Å². The van der Waals surface area contributed by atoms with Crippen LogP contribution in [0, 0.1) is 6.92 Å². The van der Waals surface area contributed by atoms with Crippen LogP contribution in [-0.4, -0.2) is 48.0 Å². The Labute approximate surface area is 162 Å². The van der Waals surface area contributed by atoms with E-state index in [-0.39, 0.29) is 5.91 Å². The molecular weight excluding hydrogens is 368 g/mol. The van der Waals surface area contributed by atoms with Gasteiger partial charge in [-0.15, -0.1) is 0 Å². The number of anilines is 2. The molecule has 2 aliphatic heterocycles. The number of hydrogen-bond acceptors (Lipinski definition) is 6. The minimum atomic E-state index is -0.454. The third-order valence-electron chi connectivity index (χ3n) is 4.82. The number of aromatic nitrogens is 2. The van der Waals surface area contributed by atoms with E-state index >= 15 is 0 Å². The zero-order chi connectivity index (χ0) is 18.9. The van der Waals surface area contributed by atoms with Crippen LogP contribution in [0.4, 0.5) is 11.6 Å². The van der Waals surface area contributed by atoms with E-state index in [0.29, 0.717) is 35.6 Å². The molecule has 7 nitrogen and oxygen atoms in total. The van der Waals surface area contributed by atoms with Crippen LogP contribution >= 0.6 is 11.6 Å². The first kappa shape index (κ1) is 18.2. The van der Waals surface area contributed by atoms with Crippen LogP contribution in [0.15, 0.2) is 30.3 Å². The molecule has 2 saturated heterocycles. The molecule has 3 heterocycles. The van der Waals surface area contributed by atoms with Crippen LogP contribution in [0.25, 0.3) is 0 Å². The van der Waals surface area contributed by atoms with Gasteiger partial charge in [0.05, 0.1) is 23.9 Å². The fourth-order valence-corrected chi connectivity index (χ4v) is 3.58. The Morgan fingerprint density at radius 1 is 1.19 bits per heavy atom. The second kappa shape index (κ2) is 7.42. The van der Waals surface area contributed by atoms with Crippen LogP contribution < -0.4 is 10.2 Å². The molecule has 2 fully saturated rings. The average Bonchev–Trinajstić information content (AvgIpc) is 3.11. The number of carbonyl (C=O) groups excluding carboxylic acids is 1. The summed E-state index contributed by atoms with van der Waals surface area (Å²) in [6, 6.07) is 8.77. The van der Waals surface area contributed by atoms with E-state index in [1.54, 1.807) is 18.2 Å². The highest BCUT2D eigenvalue weighted by Gasteiger charge is 2.40. The zero-order valence-corrected chi connectivity index (χ0v) is 15.8. The Morgan fingerprint density at radius 2 is 1.89 bits per heavy atom. The third kappa shape index (κ3) is 3.90. The second-order valence-corrected chi connectivity index (χ2v) is 7.13. The van der Waals surface area contributed by atoms with Gasteiger partial charge in [0.25, 0.3) is 5.91 Å². The van der Waals surface area contributed by atoms with Crippen molar-refractivity contribution in [1.29, 1.82) is 0 Å². The minimum Gasteiger partial charge on any atom is -0.347 e. The Morgan fingerprint density at radius 3 is 2.59 bits per heavy atom. The van der Waals surface area contributed by atoms with Gasteiger partial charge in [0.1, 0.15) is 5.69 Å². The highest BCUT2D eigenvalue weighted by atomic mass is 35.5. The summed E-state index contributed by atoms with van der Waals surface area (Å²) >= 11 is 6.12. The van der Waals surface area contributed by atoms with E-state index in [2.05, 4.69) is 20.2 Å². The van der Waals surface area contributed by atoms with Gasteiger partial charge in [0.15, 0.2) is 5.79 Å². The van der Waals surface area contributed by atoms with Crippen molar-refractivity contribution >= 4 is 29.1 Å². The van der Waals surface area contributed by atoms with Gasteiger partial charge in [0.2, 0.25) is 5.95 Å². The fraction of sp³-hybridized carbons (Fsp3) is 0.421. The summed E-state index contributed by atoms with van der Waals surface area (Å²) in [6.07, 6.45) is 1.51. The second-order valence-electron chi connectivity index (χ2n) is 6.72. The standard InChI is InChI=1S/C19H21ClN4O3/c1-13-12-16(17(25)22-15-5-3-2-4-14(15)20)23-18(21-13)24-8-6-19(7-9-24)26-10-11-27-19/h2-5,12H,6-11H2,1H3,(H,22,25). The summed E-state index contributed by atoms with van der Waals surface area (Å²) in [7, 11) is 0. The Kier molecular flexibility index (Phi) is 4.99. The molecule has 2 aromatic rings. The zero-order valence-electron chi connectivity index (χ0n) is 15.1. The minimum absolute atomic E-state index is 0.311. The van der Waals surface area contributed by atoms with Crippen molar-refractivity contribution in [2.75, 3.05) is 36.5 Å². The van der Waals surface area contributed by atoms with Gasteiger partial charge in [-0.2, -0.15) is 0 Å². The van der Waals surface area contributed by atoms with Gasteiger partial charge in [-0.1, -0.05) is 23.7 Å². The molecule has 0 unspecified atom stereocenters. The van der Waals surface area contributed by atoms with Gasteiger partial charge in [-0.3, -0.25) is 4.79 Å². The van der Waals surface area contributed by atoms with Crippen molar-refractivity contribution in [3.05, 3.63) is 46.7 Å². The number of para-hydroxylation sites is 1. The highest BCUT2D eigenvalue weighted by molar-refractivity contribution is 6.33. The molecule has 0 atom stereocenters. The van der Waals surface area contributed by atoms with E-state index in [9.17, 15) is 4.79 Å². The number of ether oxygens (including phenoxy) is 2. The lowest BCUT2D eigenvalue weighted by Crippen LogP contribution is -2.45. The normalized spacial score (nSPS) is 18.7. The molecule has 1 aromatic carbocycles. The maximum absolute atomic E-state index is 12.6. The van der Waals surface area contributed by atoms with Crippen LogP contribution in [0.5, 0.6) is 0 Å². The van der Waals surface area contributed by atoms with E-state index in [4.69, 9.17) is 21.1 Å². The first-order chi connectivity index (χ1) is 13.0. The number of carbonyl (C=O) groups is 1. The highest BCUT2D eigenvalue weighted by Crippen LogP contribution is 2.32. The van der Waals surface area contributed by atoms with E-state index < -0.39 is 5.79 Å². The summed E-state index contributed by atoms with van der Waals surface area (Å²) in [6.45, 7) is 4.58. The molecule has 1 aromatic heterocycles. The van der Waals surface area contributed by atoms with E-state index in [1.807, 2.05) is 19.1 Å². The third-order valence-corrected chi connectivity index (χ3v) is 5.15. The first-order valence-corrected chi connectivity index (χ1v) is 9.37. The van der Waals surface area contributed by atoms with Gasteiger partial charge in [-0.25, -0.2) is 9.97 Å². The average molecular weight is 389 g/mol. The number of aryl methyl sites for hydroxylation is 1. The number of hydrogen-bond donors (Lipinski definition) is 1. The maximum atomic E-state index is 12.6. The molecule has 8 heteroatoms. The summed E-state index contributed by atoms with van der Waals surface area (Å²) < 4.78 is 11.5. The van der Waals surface area contributed by atoms with Crippen molar-refractivity contribution in [3.63, 3.8) is 0 Å². The molecule has 0 radical (unpaired) electrons. The molecule has 1 spiro atoms. The topological polar surface area (TPSA) is 76.6 Å². The van der Waals surface area contributed by atoms with Crippen LogP contribution in [-0.2, 0) is 9.47 Å². The van der Waals surface area contributed by atoms with Crippen molar-refractivity contribution in [2.45, 2.75) is 25.6 Å². The molecule has 142 valence electrons. The SMILES string of the molecule is Cc1cc(C(=O)Nc2ccccc2Cl)nc(N2CCC3(CC2)OCCO3)n1. The largest absolute Gasteiger partial charge is 0.347 e. The number of amides is 1. The van der Waals surface area contributed by atoms with Gasteiger partial charge >= 0.3 is 0 Å². The summed E-state index contributed by atoms with van der Waals surface area (Å²) in [5, 5.41) is 3.29. The molecule has 4 rings (SSSR count). The number of benzene rings is 1. The number of nitrogens with one attached hydrogen (secondary N) is 1. The lowest BCUT2D eigenvalue weighted by Gasteiger charge is -2.37. The number of halogens is 1. The van der Waals surface area contributed by atoms with Crippen molar-refractivity contribution in [3.8, 4) is 0 Å². The van der Waals surface area contributed by atoms with Gasteiger partial charge in [-0.05, 0) is 25.1 Å². The Hall–Kier alpha value is -2.22. The summed E-state index contributed by atoms with van der Waals surface area (Å²) in [5.41, 5.74) is 1.60. The van der Waals surface area contributed by atoms with Crippen LogP contribution in [0.2, 0.25) is 5.02 Å². The summed E-state index contributed by atoms with van der Waals surface area (Å²) in [5.74, 6) is -0.220. The molecule has 1 N–H and O–H groups in total. The lowest BCUT2D eigenvalue weighted by molar-refractivity contribution is -0.169. The molecule has 0 bridgehead atoms. The molecule has 2 aliphatic rings. The van der Waals surface area contributed by atoms with Crippen molar-refractivity contribution in [1.82, 2.24) is 9.97 Å². The van der Waals surface area contributed by atoms with Crippen LogP contribution in [0.1, 0.15) is 29.0 Å². The maximum Gasteiger partial charge on any atom is 0.274 e. The Bertz CT molecular complexity index is 845. The predicted octanol–water partition coefficient (Wildman–Crippen LogP) is 3.03. The van der Waals surface area contributed by atoms with E-state index in [0.717, 1.165) is 31.6 Å². The molecule has 27 heavy (non-hydrogen) atoms. The first-order valence-electron chi connectivity index (χ1n) is 8.99. The predicted molar refractivity (Wildman–Crippen MR) is 102 cm³/mol. The number of piperidine rings is 1. The Balaban J connectivity index is 1.50.